The molecule has 0 atom stereocenters. The number of hydrogen-bond donors (Lipinski definition) is 2. The van der Waals surface area contributed by atoms with Crippen LogP contribution in [0.4, 0.5) is 5.82 Å². The molecule has 0 saturated heterocycles. The third kappa shape index (κ3) is 4.03. The maximum absolute atomic E-state index is 5.55. The van der Waals surface area contributed by atoms with E-state index < -0.39 is 0 Å². The fourth-order valence-electron chi connectivity index (χ4n) is 1.97. The molecule has 1 aromatic heterocycles. The van der Waals surface area contributed by atoms with E-state index in [2.05, 4.69) is 53.4 Å². The Morgan fingerprint density at radius 2 is 1.80 bits per heavy atom. The topological polar surface area (TPSA) is 63.8 Å². The molecule has 0 radical (unpaired) electrons. The van der Waals surface area contributed by atoms with Gasteiger partial charge in [0.1, 0.15) is 12.1 Å². The summed E-state index contributed by atoms with van der Waals surface area (Å²) >= 11 is 0. The fraction of sp³-hybridized carbons (Fsp3) is 0.375. The standard InChI is InChI=1S/C16H22N4/c1-12(2)15-9-16(20-11-19-15)18-10-14-5-3-13(4-6-14)7-8-17/h3-6,9,11-12H,7-8,10,17H2,1-2H3,(H,18,19,20). The van der Waals surface area contributed by atoms with E-state index in [4.69, 9.17) is 5.73 Å². The van der Waals surface area contributed by atoms with Gasteiger partial charge in [-0.15, -0.1) is 0 Å². The summed E-state index contributed by atoms with van der Waals surface area (Å²) in [7, 11) is 0. The number of nitrogens with two attached hydrogens (primary N) is 1. The van der Waals surface area contributed by atoms with Gasteiger partial charge in [0, 0.05) is 18.3 Å². The molecule has 2 aromatic rings. The largest absolute Gasteiger partial charge is 0.366 e. The molecule has 4 nitrogen and oxygen atoms in total. The predicted molar refractivity (Wildman–Crippen MR) is 82.6 cm³/mol. The van der Waals surface area contributed by atoms with Crippen LogP contribution in [-0.4, -0.2) is 16.5 Å². The Labute approximate surface area is 120 Å². The zero-order valence-electron chi connectivity index (χ0n) is 12.1. The van der Waals surface area contributed by atoms with Crippen LogP contribution < -0.4 is 11.1 Å². The predicted octanol–water partition coefficient (Wildman–Crippen LogP) is 2.71. The van der Waals surface area contributed by atoms with E-state index in [0.717, 1.165) is 24.5 Å². The maximum Gasteiger partial charge on any atom is 0.129 e. The van der Waals surface area contributed by atoms with Crippen molar-refractivity contribution in [3.63, 3.8) is 0 Å². The van der Waals surface area contributed by atoms with Crippen molar-refractivity contribution in [3.05, 3.63) is 53.5 Å². The molecule has 0 bridgehead atoms. The minimum atomic E-state index is 0.411. The van der Waals surface area contributed by atoms with E-state index in [9.17, 15) is 0 Å². The molecule has 20 heavy (non-hydrogen) atoms. The summed E-state index contributed by atoms with van der Waals surface area (Å²) < 4.78 is 0. The number of hydrogen-bond acceptors (Lipinski definition) is 4. The highest BCUT2D eigenvalue weighted by molar-refractivity contribution is 5.37. The lowest BCUT2D eigenvalue weighted by Gasteiger charge is -2.09. The Kier molecular flexibility index (Phi) is 5.07. The maximum atomic E-state index is 5.55. The first-order chi connectivity index (χ1) is 9.69. The van der Waals surface area contributed by atoms with Crippen LogP contribution in [0.3, 0.4) is 0 Å². The molecule has 0 aliphatic carbocycles. The van der Waals surface area contributed by atoms with Gasteiger partial charge in [-0.3, -0.25) is 0 Å². The average molecular weight is 270 g/mol. The number of aromatic nitrogens is 2. The lowest BCUT2D eigenvalue weighted by Crippen LogP contribution is -2.05. The van der Waals surface area contributed by atoms with Crippen molar-refractivity contribution in [3.8, 4) is 0 Å². The van der Waals surface area contributed by atoms with E-state index in [-0.39, 0.29) is 0 Å². The van der Waals surface area contributed by atoms with Crippen molar-refractivity contribution in [2.75, 3.05) is 11.9 Å². The molecule has 0 aliphatic heterocycles. The van der Waals surface area contributed by atoms with Gasteiger partial charge in [0.2, 0.25) is 0 Å². The van der Waals surface area contributed by atoms with Crippen molar-refractivity contribution in [1.82, 2.24) is 9.97 Å². The molecule has 0 aliphatic rings. The summed E-state index contributed by atoms with van der Waals surface area (Å²) in [6.45, 7) is 5.71. The molecule has 4 heteroatoms. The molecular formula is C16H22N4. The van der Waals surface area contributed by atoms with Crippen molar-refractivity contribution in [1.29, 1.82) is 0 Å². The van der Waals surface area contributed by atoms with E-state index >= 15 is 0 Å². The summed E-state index contributed by atoms with van der Waals surface area (Å²) in [4.78, 5) is 8.51. The van der Waals surface area contributed by atoms with Crippen LogP contribution in [0.1, 0.15) is 36.6 Å². The Morgan fingerprint density at radius 1 is 1.10 bits per heavy atom. The van der Waals surface area contributed by atoms with Crippen molar-refractivity contribution < 1.29 is 0 Å². The third-order valence-electron chi connectivity index (χ3n) is 3.21. The molecule has 2 rings (SSSR count). The highest BCUT2D eigenvalue weighted by Gasteiger charge is 2.03. The first-order valence-corrected chi connectivity index (χ1v) is 7.02. The second-order valence-electron chi connectivity index (χ2n) is 5.19. The first-order valence-electron chi connectivity index (χ1n) is 7.02. The lowest BCUT2D eigenvalue weighted by atomic mass is 10.1. The second kappa shape index (κ2) is 7.01. The van der Waals surface area contributed by atoms with Gasteiger partial charge in [-0.2, -0.15) is 0 Å². The van der Waals surface area contributed by atoms with Crippen LogP contribution in [0.2, 0.25) is 0 Å². The number of nitrogens with one attached hydrogen (secondary N) is 1. The molecule has 1 heterocycles. The SMILES string of the molecule is CC(C)c1cc(NCc2ccc(CCN)cc2)ncn1. The zero-order chi connectivity index (χ0) is 14.4. The van der Waals surface area contributed by atoms with Crippen molar-refractivity contribution in [2.45, 2.75) is 32.7 Å². The van der Waals surface area contributed by atoms with Crippen LogP contribution in [0.15, 0.2) is 36.7 Å². The molecular weight excluding hydrogens is 248 g/mol. The van der Waals surface area contributed by atoms with Crippen LogP contribution in [-0.2, 0) is 13.0 Å². The minimum Gasteiger partial charge on any atom is -0.366 e. The smallest absolute Gasteiger partial charge is 0.129 e. The average Bonchev–Trinajstić information content (AvgIpc) is 2.47. The first kappa shape index (κ1) is 14.5. The van der Waals surface area contributed by atoms with Gasteiger partial charge in [0.15, 0.2) is 0 Å². The number of anilines is 1. The summed E-state index contributed by atoms with van der Waals surface area (Å²) in [5, 5.41) is 3.33. The van der Waals surface area contributed by atoms with Crippen LogP contribution in [0.5, 0.6) is 0 Å². The van der Waals surface area contributed by atoms with Crippen LogP contribution >= 0.6 is 0 Å². The molecule has 1 aromatic carbocycles. The monoisotopic (exact) mass is 270 g/mol. The van der Waals surface area contributed by atoms with Gasteiger partial charge < -0.3 is 11.1 Å². The van der Waals surface area contributed by atoms with E-state index in [1.165, 1.54) is 11.1 Å². The molecule has 0 amide bonds. The highest BCUT2D eigenvalue weighted by atomic mass is 15.0. The zero-order valence-corrected chi connectivity index (χ0v) is 12.1. The second-order valence-corrected chi connectivity index (χ2v) is 5.19. The van der Waals surface area contributed by atoms with Gasteiger partial charge >= 0.3 is 0 Å². The highest BCUT2D eigenvalue weighted by Crippen LogP contribution is 2.14. The summed E-state index contributed by atoms with van der Waals surface area (Å²) in [6, 6.07) is 10.5. The fourth-order valence-corrected chi connectivity index (χ4v) is 1.97. The molecule has 0 fully saturated rings. The minimum absolute atomic E-state index is 0.411. The van der Waals surface area contributed by atoms with Gasteiger partial charge in [-0.25, -0.2) is 9.97 Å². The van der Waals surface area contributed by atoms with Gasteiger partial charge in [0.05, 0.1) is 0 Å². The number of benzene rings is 1. The van der Waals surface area contributed by atoms with Gasteiger partial charge in [-0.05, 0) is 30.0 Å². The quantitative estimate of drug-likeness (QED) is 0.847. The lowest BCUT2D eigenvalue weighted by molar-refractivity contribution is 0.814. The Hall–Kier alpha value is -1.94. The summed E-state index contributed by atoms with van der Waals surface area (Å²) in [6.07, 6.45) is 2.54. The van der Waals surface area contributed by atoms with Gasteiger partial charge in [-0.1, -0.05) is 38.1 Å². The summed E-state index contributed by atoms with van der Waals surface area (Å²) in [5.41, 5.74) is 9.11. The molecule has 3 N–H and O–H groups in total. The van der Waals surface area contributed by atoms with Crippen molar-refractivity contribution in [2.24, 2.45) is 5.73 Å². The Morgan fingerprint density at radius 3 is 2.45 bits per heavy atom. The third-order valence-corrected chi connectivity index (χ3v) is 3.21. The van der Waals surface area contributed by atoms with Gasteiger partial charge in [0.25, 0.3) is 0 Å². The van der Waals surface area contributed by atoms with Crippen LogP contribution in [0, 0.1) is 0 Å². The molecule has 0 unspecified atom stereocenters. The van der Waals surface area contributed by atoms with Crippen molar-refractivity contribution >= 4 is 5.82 Å². The summed E-state index contributed by atoms with van der Waals surface area (Å²) in [5.74, 6) is 1.28. The number of nitrogens with zero attached hydrogens (tertiary/aromatic N) is 2. The molecule has 106 valence electrons. The van der Waals surface area contributed by atoms with Crippen LogP contribution in [0.25, 0.3) is 0 Å². The Balaban J connectivity index is 1.96. The van der Waals surface area contributed by atoms with E-state index in [1.54, 1.807) is 6.33 Å². The normalized spacial score (nSPS) is 10.8. The van der Waals surface area contributed by atoms with E-state index in [1.807, 2.05) is 6.07 Å². The van der Waals surface area contributed by atoms with E-state index in [0.29, 0.717) is 12.5 Å². The Bertz CT molecular complexity index is 534. The number of rotatable bonds is 6. The molecule has 0 spiro atoms. The molecule has 0 saturated carbocycles.